The standard InChI is InChI=1S/C44H56O2/c1-31(17-13-19-33(3)21-23-37-35(5)39(45)43(25-26-43)29-41(37,7)8)15-11-12-16-32(2)18-14-20-34(4)22-24-38-36(6)40(46)44(27-28-44)30-42(38,9)10/h11-24H,25-30H2,1-10H3/b12-11+,17-13+,18-14+,23-21+,24-22+,31-15+,32-16+,33-19+,34-20+. The molecule has 0 aromatic carbocycles. The quantitative estimate of drug-likeness (QED) is 0.229. The molecule has 0 bridgehead atoms. The zero-order valence-corrected chi connectivity index (χ0v) is 30.1. The molecular formula is C44H56O2. The van der Waals surface area contributed by atoms with Gasteiger partial charge in [-0.25, -0.2) is 0 Å². The van der Waals surface area contributed by atoms with E-state index < -0.39 is 0 Å². The molecule has 0 amide bonds. The smallest absolute Gasteiger partial charge is 0.165 e. The second-order valence-electron chi connectivity index (χ2n) is 15.8. The highest BCUT2D eigenvalue weighted by atomic mass is 16.1. The Bertz CT molecular complexity index is 1480. The van der Waals surface area contributed by atoms with Crippen LogP contribution in [0.25, 0.3) is 0 Å². The lowest BCUT2D eigenvalue weighted by Crippen LogP contribution is -2.33. The van der Waals surface area contributed by atoms with Crippen LogP contribution in [0.3, 0.4) is 0 Å². The molecule has 4 rings (SSSR count). The molecule has 0 saturated heterocycles. The Morgan fingerprint density at radius 1 is 0.500 bits per heavy atom. The predicted molar refractivity (Wildman–Crippen MR) is 196 cm³/mol. The highest BCUT2D eigenvalue weighted by Crippen LogP contribution is 2.61. The fourth-order valence-corrected chi connectivity index (χ4v) is 7.68. The maximum absolute atomic E-state index is 12.9. The molecule has 46 heavy (non-hydrogen) atoms. The number of rotatable bonds is 10. The summed E-state index contributed by atoms with van der Waals surface area (Å²) in [7, 11) is 0. The lowest BCUT2D eigenvalue weighted by Gasteiger charge is -2.37. The predicted octanol–water partition coefficient (Wildman–Crippen LogP) is 11.7. The molecule has 2 saturated carbocycles. The van der Waals surface area contributed by atoms with Crippen molar-refractivity contribution in [3.8, 4) is 0 Å². The van der Waals surface area contributed by atoms with Crippen molar-refractivity contribution >= 4 is 11.6 Å². The first-order valence-corrected chi connectivity index (χ1v) is 17.1. The summed E-state index contributed by atoms with van der Waals surface area (Å²) in [6.45, 7) is 21.5. The van der Waals surface area contributed by atoms with E-state index in [9.17, 15) is 9.59 Å². The van der Waals surface area contributed by atoms with Gasteiger partial charge in [0.05, 0.1) is 0 Å². The van der Waals surface area contributed by atoms with E-state index in [2.05, 4.69) is 140 Å². The van der Waals surface area contributed by atoms with Gasteiger partial charge in [-0.3, -0.25) is 9.59 Å². The van der Waals surface area contributed by atoms with Crippen LogP contribution in [0.5, 0.6) is 0 Å². The molecule has 244 valence electrons. The number of carbonyl (C=O) groups excluding carboxylic acids is 2. The molecule has 2 nitrogen and oxygen atoms in total. The summed E-state index contributed by atoms with van der Waals surface area (Å²) in [5.74, 6) is 0.743. The summed E-state index contributed by atoms with van der Waals surface area (Å²) in [6.07, 6.45) is 35.7. The number of allylic oxidation sites excluding steroid dienone is 22. The summed E-state index contributed by atoms with van der Waals surface area (Å²) < 4.78 is 0. The zero-order valence-electron chi connectivity index (χ0n) is 30.1. The van der Waals surface area contributed by atoms with Gasteiger partial charge in [-0.2, -0.15) is 0 Å². The first-order valence-electron chi connectivity index (χ1n) is 17.1. The second kappa shape index (κ2) is 13.7. The van der Waals surface area contributed by atoms with Crippen LogP contribution in [0.15, 0.2) is 130 Å². The maximum atomic E-state index is 12.9. The van der Waals surface area contributed by atoms with Gasteiger partial charge in [-0.05, 0) is 113 Å². The minimum absolute atomic E-state index is 0.0366. The van der Waals surface area contributed by atoms with Gasteiger partial charge in [-0.15, -0.1) is 0 Å². The van der Waals surface area contributed by atoms with Crippen molar-refractivity contribution in [2.24, 2.45) is 21.7 Å². The van der Waals surface area contributed by atoms with Crippen LogP contribution in [0.1, 0.15) is 108 Å². The molecule has 0 unspecified atom stereocenters. The van der Waals surface area contributed by atoms with Gasteiger partial charge in [0.15, 0.2) is 11.6 Å². The first-order chi connectivity index (χ1) is 21.5. The molecule has 0 atom stereocenters. The van der Waals surface area contributed by atoms with E-state index in [4.69, 9.17) is 0 Å². The number of hydrogen-bond donors (Lipinski definition) is 0. The van der Waals surface area contributed by atoms with Gasteiger partial charge >= 0.3 is 0 Å². The zero-order chi connectivity index (χ0) is 33.9. The monoisotopic (exact) mass is 616 g/mol. The third kappa shape index (κ3) is 8.24. The number of hydrogen-bond acceptors (Lipinski definition) is 2. The summed E-state index contributed by atoms with van der Waals surface area (Å²) in [5, 5.41) is 0. The minimum Gasteiger partial charge on any atom is -0.294 e. The van der Waals surface area contributed by atoms with Gasteiger partial charge in [0.1, 0.15) is 0 Å². The SMILES string of the molecule is CC1=C(/C=C/C(C)=C/C=C/C(C)=C/C=C/C=C(C)/C=C/C=C(C)/C=C/C2=C(C)C(=O)C3(CC3)CC2(C)C)C(C)(C)CC2(CC2)C1=O. The van der Waals surface area contributed by atoms with Crippen LogP contribution in [0, 0.1) is 21.7 Å². The fraction of sp³-hybridized carbons (Fsp3) is 0.455. The Balaban J connectivity index is 1.28. The largest absolute Gasteiger partial charge is 0.294 e. The molecule has 0 N–H and O–H groups in total. The fourth-order valence-electron chi connectivity index (χ4n) is 7.68. The van der Waals surface area contributed by atoms with Crippen LogP contribution >= 0.6 is 0 Å². The second-order valence-corrected chi connectivity index (χ2v) is 15.8. The Labute approximate surface area is 279 Å². The number of Topliss-reactive ketones (excluding diaryl/α,β-unsaturated/α-hetero) is 2. The molecule has 4 aliphatic rings. The van der Waals surface area contributed by atoms with Crippen molar-refractivity contribution in [1.82, 2.24) is 0 Å². The van der Waals surface area contributed by atoms with Crippen LogP contribution < -0.4 is 0 Å². The van der Waals surface area contributed by atoms with Crippen molar-refractivity contribution in [1.29, 1.82) is 0 Å². The lowest BCUT2D eigenvalue weighted by atomic mass is 9.66. The molecule has 2 heteroatoms. The first kappa shape index (κ1) is 35.3. The van der Waals surface area contributed by atoms with E-state index in [0.29, 0.717) is 11.6 Å². The summed E-state index contributed by atoms with van der Waals surface area (Å²) in [6, 6.07) is 0. The van der Waals surface area contributed by atoms with E-state index in [1.165, 1.54) is 22.3 Å². The topological polar surface area (TPSA) is 34.1 Å². The van der Waals surface area contributed by atoms with Gasteiger partial charge in [-0.1, -0.05) is 135 Å². The van der Waals surface area contributed by atoms with Crippen molar-refractivity contribution in [2.75, 3.05) is 0 Å². The molecule has 0 aromatic heterocycles. The Hall–Kier alpha value is -3.52. The van der Waals surface area contributed by atoms with E-state index in [-0.39, 0.29) is 21.7 Å². The van der Waals surface area contributed by atoms with Crippen LogP contribution in [-0.4, -0.2) is 11.6 Å². The minimum atomic E-state index is -0.0511. The highest BCUT2D eigenvalue weighted by Gasteiger charge is 2.57. The molecule has 2 spiro atoms. The van der Waals surface area contributed by atoms with Crippen LogP contribution in [-0.2, 0) is 9.59 Å². The molecule has 0 aliphatic heterocycles. The molecule has 4 aliphatic carbocycles. The van der Waals surface area contributed by atoms with E-state index in [0.717, 1.165) is 60.8 Å². The molecule has 0 radical (unpaired) electrons. The van der Waals surface area contributed by atoms with Crippen molar-refractivity contribution in [3.05, 3.63) is 130 Å². The van der Waals surface area contributed by atoms with Gasteiger partial charge < -0.3 is 0 Å². The van der Waals surface area contributed by atoms with Gasteiger partial charge in [0.25, 0.3) is 0 Å². The summed E-state index contributed by atoms with van der Waals surface area (Å²) in [5.41, 5.74) is 8.91. The molecule has 0 heterocycles. The Morgan fingerprint density at radius 3 is 1.13 bits per heavy atom. The third-order valence-electron chi connectivity index (χ3n) is 10.5. The van der Waals surface area contributed by atoms with Crippen molar-refractivity contribution < 1.29 is 9.59 Å². The highest BCUT2D eigenvalue weighted by molar-refractivity contribution is 6.04. The summed E-state index contributed by atoms with van der Waals surface area (Å²) in [4.78, 5) is 25.8. The molecular weight excluding hydrogens is 560 g/mol. The molecule has 0 aromatic rings. The van der Waals surface area contributed by atoms with Crippen LogP contribution in [0.4, 0.5) is 0 Å². The van der Waals surface area contributed by atoms with Crippen LogP contribution in [0.2, 0.25) is 0 Å². The van der Waals surface area contributed by atoms with E-state index in [1.807, 2.05) is 13.8 Å². The average molecular weight is 617 g/mol. The Kier molecular flexibility index (Phi) is 10.5. The normalized spacial score (nSPS) is 24.9. The third-order valence-corrected chi connectivity index (χ3v) is 10.5. The average Bonchev–Trinajstić information content (AvgIpc) is 3.90. The van der Waals surface area contributed by atoms with E-state index in [1.54, 1.807) is 0 Å². The Morgan fingerprint density at radius 2 is 0.804 bits per heavy atom. The van der Waals surface area contributed by atoms with Gasteiger partial charge in [0.2, 0.25) is 0 Å². The lowest BCUT2D eigenvalue weighted by molar-refractivity contribution is -0.123. The van der Waals surface area contributed by atoms with Gasteiger partial charge in [0, 0.05) is 10.8 Å². The maximum Gasteiger partial charge on any atom is 0.165 e. The molecule has 2 fully saturated rings. The van der Waals surface area contributed by atoms with Crippen molar-refractivity contribution in [2.45, 2.75) is 108 Å². The number of carbonyl (C=O) groups is 2. The number of ketones is 2. The van der Waals surface area contributed by atoms with E-state index >= 15 is 0 Å². The van der Waals surface area contributed by atoms with Crippen molar-refractivity contribution in [3.63, 3.8) is 0 Å². The summed E-state index contributed by atoms with van der Waals surface area (Å²) >= 11 is 0.